The molecule has 1 N–H and O–H groups in total. The highest BCUT2D eigenvalue weighted by Gasteiger charge is 2.02. The van der Waals surface area contributed by atoms with Crippen LogP contribution >= 0.6 is 11.3 Å². The predicted molar refractivity (Wildman–Crippen MR) is 70.0 cm³/mol. The Labute approximate surface area is 105 Å². The van der Waals surface area contributed by atoms with E-state index in [1.165, 1.54) is 9.75 Å². The summed E-state index contributed by atoms with van der Waals surface area (Å²) in [5.74, 6) is 0. The largest absolute Gasteiger partial charge is 0.378 e. The molecule has 0 fully saturated rings. The van der Waals surface area contributed by atoms with Crippen LogP contribution in [0.1, 0.15) is 22.2 Å². The van der Waals surface area contributed by atoms with Gasteiger partial charge in [-0.3, -0.25) is 4.98 Å². The van der Waals surface area contributed by atoms with Crippen molar-refractivity contribution in [2.24, 2.45) is 0 Å². The molecular formula is C13H13N3S. The van der Waals surface area contributed by atoms with Crippen molar-refractivity contribution in [1.82, 2.24) is 4.98 Å². The molecule has 0 unspecified atom stereocenters. The van der Waals surface area contributed by atoms with E-state index in [0.717, 1.165) is 18.7 Å². The van der Waals surface area contributed by atoms with Crippen molar-refractivity contribution >= 4 is 17.0 Å². The summed E-state index contributed by atoms with van der Waals surface area (Å²) in [6.07, 6.45) is 4.39. The van der Waals surface area contributed by atoms with Crippen LogP contribution in [-0.2, 0) is 13.0 Å². The minimum atomic E-state index is 0.632. The lowest BCUT2D eigenvalue weighted by Gasteiger charge is -2.05. The molecule has 0 aliphatic heterocycles. The van der Waals surface area contributed by atoms with Gasteiger partial charge in [0.1, 0.15) is 6.07 Å². The first kappa shape index (κ1) is 11.6. The SMILES string of the molecule is CCc1ccc(CNc2cnccc2C#N)s1. The van der Waals surface area contributed by atoms with Crippen molar-refractivity contribution in [3.63, 3.8) is 0 Å². The second kappa shape index (κ2) is 5.46. The smallest absolute Gasteiger partial charge is 0.101 e. The minimum absolute atomic E-state index is 0.632. The summed E-state index contributed by atoms with van der Waals surface area (Å²) in [5, 5.41) is 12.2. The summed E-state index contributed by atoms with van der Waals surface area (Å²) in [7, 11) is 0. The highest BCUT2D eigenvalue weighted by Crippen LogP contribution is 2.19. The predicted octanol–water partition coefficient (Wildman–Crippen LogP) is 3.19. The number of aryl methyl sites for hydroxylation is 1. The zero-order valence-corrected chi connectivity index (χ0v) is 10.4. The van der Waals surface area contributed by atoms with Crippen LogP contribution in [0.15, 0.2) is 30.6 Å². The molecule has 3 nitrogen and oxygen atoms in total. The molecule has 2 rings (SSSR count). The van der Waals surface area contributed by atoms with Crippen molar-refractivity contribution < 1.29 is 0 Å². The number of hydrogen-bond donors (Lipinski definition) is 1. The van der Waals surface area contributed by atoms with E-state index in [1.807, 2.05) is 0 Å². The lowest BCUT2D eigenvalue weighted by Crippen LogP contribution is -1.99. The van der Waals surface area contributed by atoms with E-state index in [9.17, 15) is 0 Å². The zero-order valence-electron chi connectivity index (χ0n) is 9.60. The zero-order chi connectivity index (χ0) is 12.1. The van der Waals surface area contributed by atoms with Crippen LogP contribution in [0.3, 0.4) is 0 Å². The Hall–Kier alpha value is -1.86. The molecule has 17 heavy (non-hydrogen) atoms. The molecule has 0 aliphatic carbocycles. The van der Waals surface area contributed by atoms with Gasteiger partial charge in [0.15, 0.2) is 0 Å². The lowest BCUT2D eigenvalue weighted by molar-refractivity contribution is 1.17. The lowest BCUT2D eigenvalue weighted by atomic mass is 10.2. The molecule has 0 spiro atoms. The first-order valence-corrected chi connectivity index (χ1v) is 6.30. The van der Waals surface area contributed by atoms with E-state index in [1.54, 1.807) is 29.8 Å². The summed E-state index contributed by atoms with van der Waals surface area (Å²) >= 11 is 1.80. The highest BCUT2D eigenvalue weighted by molar-refractivity contribution is 7.12. The Bertz CT molecular complexity index is 540. The van der Waals surface area contributed by atoms with Crippen LogP contribution in [0.25, 0.3) is 0 Å². The first-order valence-electron chi connectivity index (χ1n) is 5.49. The second-order valence-electron chi connectivity index (χ2n) is 3.61. The molecule has 86 valence electrons. The maximum Gasteiger partial charge on any atom is 0.101 e. The van der Waals surface area contributed by atoms with Gasteiger partial charge in [-0.1, -0.05) is 6.92 Å². The van der Waals surface area contributed by atoms with Gasteiger partial charge in [-0.25, -0.2) is 0 Å². The van der Waals surface area contributed by atoms with E-state index < -0.39 is 0 Å². The standard InChI is InChI=1S/C13H13N3S/c1-2-11-3-4-12(17-11)8-16-13-9-15-6-5-10(13)7-14/h3-6,9,16H,2,8H2,1H3. The van der Waals surface area contributed by atoms with Gasteiger partial charge in [0.05, 0.1) is 17.4 Å². The van der Waals surface area contributed by atoms with Crippen molar-refractivity contribution in [2.45, 2.75) is 19.9 Å². The van der Waals surface area contributed by atoms with Crippen LogP contribution in [0, 0.1) is 11.3 Å². The molecule has 0 aromatic carbocycles. The highest BCUT2D eigenvalue weighted by atomic mass is 32.1. The number of thiophene rings is 1. The summed E-state index contributed by atoms with van der Waals surface area (Å²) in [6, 6.07) is 8.14. The molecule has 2 aromatic heterocycles. The van der Waals surface area contributed by atoms with Gasteiger partial charge in [0.25, 0.3) is 0 Å². The third-order valence-corrected chi connectivity index (χ3v) is 3.69. The van der Waals surface area contributed by atoms with Crippen LogP contribution in [0.2, 0.25) is 0 Å². The van der Waals surface area contributed by atoms with Crippen molar-refractivity contribution in [2.75, 3.05) is 5.32 Å². The number of anilines is 1. The first-order chi connectivity index (χ1) is 8.33. The van der Waals surface area contributed by atoms with Crippen LogP contribution in [0.4, 0.5) is 5.69 Å². The van der Waals surface area contributed by atoms with Crippen molar-refractivity contribution in [3.05, 3.63) is 45.9 Å². The topological polar surface area (TPSA) is 48.7 Å². The monoisotopic (exact) mass is 243 g/mol. The minimum Gasteiger partial charge on any atom is -0.378 e. The van der Waals surface area contributed by atoms with Crippen molar-refractivity contribution in [3.8, 4) is 6.07 Å². The number of nitriles is 1. The molecule has 2 aromatic rings. The molecule has 0 amide bonds. The van der Waals surface area contributed by atoms with Crippen LogP contribution < -0.4 is 5.32 Å². The maximum atomic E-state index is 8.94. The van der Waals surface area contributed by atoms with Gasteiger partial charge in [-0.15, -0.1) is 11.3 Å². The van der Waals surface area contributed by atoms with E-state index in [4.69, 9.17) is 5.26 Å². The number of rotatable bonds is 4. The number of nitrogens with zero attached hydrogens (tertiary/aromatic N) is 2. The Balaban J connectivity index is 2.05. The molecule has 4 heteroatoms. The Morgan fingerprint density at radius 1 is 1.35 bits per heavy atom. The number of pyridine rings is 1. The summed E-state index contributed by atoms with van der Waals surface area (Å²) in [4.78, 5) is 6.67. The van der Waals surface area contributed by atoms with E-state index in [2.05, 4.69) is 35.4 Å². The molecule has 0 saturated heterocycles. The fourth-order valence-electron chi connectivity index (χ4n) is 1.52. The molecule has 0 saturated carbocycles. The molecule has 0 bridgehead atoms. The van der Waals surface area contributed by atoms with E-state index >= 15 is 0 Å². The molecule has 0 radical (unpaired) electrons. The Morgan fingerprint density at radius 2 is 2.18 bits per heavy atom. The van der Waals surface area contributed by atoms with Crippen LogP contribution in [0.5, 0.6) is 0 Å². The quantitative estimate of drug-likeness (QED) is 0.897. The summed E-state index contributed by atoms with van der Waals surface area (Å²) in [5.41, 5.74) is 1.42. The Morgan fingerprint density at radius 3 is 2.88 bits per heavy atom. The van der Waals surface area contributed by atoms with Gasteiger partial charge in [-0.2, -0.15) is 5.26 Å². The van der Waals surface area contributed by atoms with Gasteiger partial charge >= 0.3 is 0 Å². The normalized spacial score (nSPS) is 9.88. The molecule has 2 heterocycles. The molecule has 0 atom stereocenters. The number of aromatic nitrogens is 1. The van der Waals surface area contributed by atoms with Gasteiger partial charge in [-0.05, 0) is 24.6 Å². The number of hydrogen-bond acceptors (Lipinski definition) is 4. The molecular weight excluding hydrogens is 230 g/mol. The van der Waals surface area contributed by atoms with Crippen LogP contribution in [-0.4, -0.2) is 4.98 Å². The van der Waals surface area contributed by atoms with Crippen molar-refractivity contribution in [1.29, 1.82) is 5.26 Å². The average Bonchev–Trinajstić information content (AvgIpc) is 2.84. The summed E-state index contributed by atoms with van der Waals surface area (Å²) < 4.78 is 0. The maximum absolute atomic E-state index is 8.94. The third-order valence-electron chi connectivity index (χ3n) is 2.46. The second-order valence-corrected chi connectivity index (χ2v) is 4.86. The summed E-state index contributed by atoms with van der Waals surface area (Å²) in [6.45, 7) is 2.89. The molecule has 0 aliphatic rings. The fourth-order valence-corrected chi connectivity index (χ4v) is 2.42. The van der Waals surface area contributed by atoms with Gasteiger partial charge in [0, 0.05) is 22.5 Å². The average molecular weight is 243 g/mol. The third kappa shape index (κ3) is 2.83. The van der Waals surface area contributed by atoms with E-state index in [-0.39, 0.29) is 0 Å². The fraction of sp³-hybridized carbons (Fsp3) is 0.231. The Kier molecular flexibility index (Phi) is 3.73. The van der Waals surface area contributed by atoms with Gasteiger partial charge < -0.3 is 5.32 Å². The van der Waals surface area contributed by atoms with Gasteiger partial charge in [0.2, 0.25) is 0 Å². The number of nitrogens with one attached hydrogen (secondary N) is 1. The van der Waals surface area contributed by atoms with E-state index in [0.29, 0.717) is 5.56 Å².